The Bertz CT molecular complexity index is 1260. The maximum atomic E-state index is 13.0. The van der Waals surface area contributed by atoms with E-state index in [9.17, 15) is 9.90 Å². The zero-order valence-corrected chi connectivity index (χ0v) is 20.9. The second-order valence-corrected chi connectivity index (χ2v) is 9.56. The van der Waals surface area contributed by atoms with E-state index < -0.39 is 0 Å². The summed E-state index contributed by atoms with van der Waals surface area (Å²) >= 11 is 0. The summed E-state index contributed by atoms with van der Waals surface area (Å²) in [5.41, 5.74) is 3.89. The first-order chi connectivity index (χ1) is 18.2. The molecule has 0 bridgehead atoms. The third kappa shape index (κ3) is 6.40. The lowest BCUT2D eigenvalue weighted by molar-refractivity contribution is 0.0948. The second-order valence-electron chi connectivity index (χ2n) is 9.56. The van der Waals surface area contributed by atoms with Gasteiger partial charge in [-0.05, 0) is 61.2 Å². The lowest BCUT2D eigenvalue weighted by Gasteiger charge is -2.34. The van der Waals surface area contributed by atoms with Gasteiger partial charge < -0.3 is 25.0 Å². The van der Waals surface area contributed by atoms with Crippen LogP contribution in [0.5, 0.6) is 5.75 Å². The smallest absolute Gasteiger partial charge is 0.251 e. The number of phenols is 1. The molecule has 3 aromatic carbocycles. The van der Waals surface area contributed by atoms with Crippen molar-refractivity contribution in [1.29, 1.82) is 0 Å². The van der Waals surface area contributed by atoms with E-state index in [1.165, 1.54) is 0 Å². The quantitative estimate of drug-likeness (QED) is 0.444. The Morgan fingerprint density at radius 3 is 2.54 bits per heavy atom. The minimum atomic E-state index is -0.00434. The van der Waals surface area contributed by atoms with Gasteiger partial charge in [0.15, 0.2) is 0 Å². The number of piperidine rings is 1. The van der Waals surface area contributed by atoms with Crippen molar-refractivity contribution in [3.63, 3.8) is 0 Å². The summed E-state index contributed by atoms with van der Waals surface area (Å²) in [6, 6.07) is 25.2. The van der Waals surface area contributed by atoms with Crippen LogP contribution in [0.15, 0.2) is 97.5 Å². The van der Waals surface area contributed by atoms with Crippen LogP contribution in [-0.2, 0) is 11.3 Å². The van der Waals surface area contributed by atoms with E-state index in [1.807, 2.05) is 73.1 Å². The molecule has 6 heteroatoms. The number of hydrogen-bond donors (Lipinski definition) is 2. The number of phenolic OH excluding ortho intramolecular Hbond substituents is 1. The average molecular weight is 496 g/mol. The van der Waals surface area contributed by atoms with E-state index in [2.05, 4.69) is 21.2 Å². The van der Waals surface area contributed by atoms with Gasteiger partial charge in [-0.25, -0.2) is 0 Å². The molecular weight excluding hydrogens is 462 g/mol. The molecule has 0 radical (unpaired) electrons. The van der Waals surface area contributed by atoms with Crippen molar-refractivity contribution < 1.29 is 14.6 Å². The maximum Gasteiger partial charge on any atom is 0.251 e. The molecule has 1 saturated heterocycles. The highest BCUT2D eigenvalue weighted by Gasteiger charge is 2.24. The van der Waals surface area contributed by atoms with Crippen LogP contribution in [-0.4, -0.2) is 47.0 Å². The molecule has 190 valence electrons. The summed E-state index contributed by atoms with van der Waals surface area (Å²) in [5, 5.41) is 12.9. The molecule has 2 N–H and O–H groups in total. The lowest BCUT2D eigenvalue weighted by atomic mass is 9.86. The number of nitrogens with zero attached hydrogens (tertiary/aromatic N) is 2. The maximum absolute atomic E-state index is 13.0. The Kier molecular flexibility index (Phi) is 7.87. The molecule has 2 heterocycles. The summed E-state index contributed by atoms with van der Waals surface area (Å²) in [7, 11) is 0. The Morgan fingerprint density at radius 1 is 0.946 bits per heavy atom. The molecule has 6 nitrogen and oxygen atoms in total. The van der Waals surface area contributed by atoms with Crippen molar-refractivity contribution in [3.8, 4) is 5.75 Å². The van der Waals surface area contributed by atoms with Gasteiger partial charge in [0.2, 0.25) is 0 Å². The number of ether oxygens (including phenoxy) is 1. The predicted octanol–water partition coefficient (Wildman–Crippen LogP) is 5.30. The minimum Gasteiger partial charge on any atom is -0.508 e. The van der Waals surface area contributed by atoms with Crippen LogP contribution in [0.25, 0.3) is 5.76 Å². The number of rotatable bonds is 8. The number of hydrogen-bond acceptors (Lipinski definition) is 5. The average Bonchev–Trinajstić information content (AvgIpc) is 2.96. The van der Waals surface area contributed by atoms with E-state index in [-0.39, 0.29) is 11.7 Å². The number of carbonyl (C=O) groups is 1. The molecule has 1 amide bonds. The molecule has 3 aromatic rings. The molecule has 0 aromatic heterocycles. The van der Waals surface area contributed by atoms with Crippen LogP contribution >= 0.6 is 0 Å². The van der Waals surface area contributed by atoms with Crippen LogP contribution in [0, 0.1) is 0 Å². The van der Waals surface area contributed by atoms with Crippen molar-refractivity contribution in [2.75, 3.05) is 26.2 Å². The van der Waals surface area contributed by atoms with Crippen molar-refractivity contribution in [2.24, 2.45) is 0 Å². The van der Waals surface area contributed by atoms with Gasteiger partial charge in [-0.15, -0.1) is 0 Å². The molecule has 0 aliphatic carbocycles. The van der Waals surface area contributed by atoms with Gasteiger partial charge in [-0.1, -0.05) is 60.7 Å². The molecule has 2 aliphatic rings. The third-order valence-corrected chi connectivity index (χ3v) is 7.06. The Labute approximate surface area is 218 Å². The van der Waals surface area contributed by atoms with Gasteiger partial charge in [-0.3, -0.25) is 4.79 Å². The summed E-state index contributed by atoms with van der Waals surface area (Å²) in [4.78, 5) is 17.6. The largest absolute Gasteiger partial charge is 0.508 e. The summed E-state index contributed by atoms with van der Waals surface area (Å²) in [6.45, 7) is 4.33. The standard InChI is InChI=1S/C31H33N3O3/c35-27-10-6-9-26(21-27)30-23-34(19-20-37-30)18-17-33-15-13-25(14-16-33)28-11-4-5-12-29(28)31(36)32-22-24-7-2-1-3-8-24/h1-12,19-21,23,25,35H,13-18,22H2,(H,32,36). The van der Waals surface area contributed by atoms with Crippen molar-refractivity contribution in [2.45, 2.75) is 25.3 Å². The summed E-state index contributed by atoms with van der Waals surface area (Å²) in [5.74, 6) is 1.33. The molecular formula is C31H33N3O3. The fraction of sp³-hybridized carbons (Fsp3) is 0.258. The van der Waals surface area contributed by atoms with Crippen LogP contribution in [0.4, 0.5) is 0 Å². The fourth-order valence-electron chi connectivity index (χ4n) is 5.00. The number of benzene rings is 3. The summed E-state index contributed by atoms with van der Waals surface area (Å²) in [6.07, 6.45) is 7.67. The number of carbonyl (C=O) groups excluding carboxylic acids is 1. The third-order valence-electron chi connectivity index (χ3n) is 7.06. The lowest BCUT2D eigenvalue weighted by Crippen LogP contribution is -2.37. The van der Waals surface area contributed by atoms with Crippen molar-refractivity contribution in [3.05, 3.63) is 120 Å². The molecule has 0 saturated carbocycles. The van der Waals surface area contributed by atoms with E-state index >= 15 is 0 Å². The minimum absolute atomic E-state index is 0.00434. The predicted molar refractivity (Wildman–Crippen MR) is 145 cm³/mol. The van der Waals surface area contributed by atoms with E-state index in [0.29, 0.717) is 12.5 Å². The molecule has 37 heavy (non-hydrogen) atoms. The molecule has 0 atom stereocenters. The highest BCUT2D eigenvalue weighted by Crippen LogP contribution is 2.31. The number of likely N-dealkylation sites (tertiary alicyclic amines) is 1. The van der Waals surface area contributed by atoms with Crippen LogP contribution < -0.4 is 5.32 Å². The monoisotopic (exact) mass is 495 g/mol. The highest BCUT2D eigenvalue weighted by molar-refractivity contribution is 5.95. The van der Waals surface area contributed by atoms with Gasteiger partial charge in [0, 0.05) is 43.2 Å². The first kappa shape index (κ1) is 24.7. The number of nitrogens with one attached hydrogen (secondary N) is 1. The molecule has 2 aliphatic heterocycles. The zero-order valence-electron chi connectivity index (χ0n) is 20.9. The molecule has 0 spiro atoms. The van der Waals surface area contributed by atoms with Crippen molar-refractivity contribution >= 4 is 11.7 Å². The summed E-state index contributed by atoms with van der Waals surface area (Å²) < 4.78 is 5.66. The number of amides is 1. The number of aromatic hydroxyl groups is 1. The van der Waals surface area contributed by atoms with Gasteiger partial charge in [-0.2, -0.15) is 0 Å². The van der Waals surface area contributed by atoms with Gasteiger partial charge in [0.25, 0.3) is 5.91 Å². The van der Waals surface area contributed by atoms with Crippen LogP contribution in [0.3, 0.4) is 0 Å². The SMILES string of the molecule is O=C(NCc1ccccc1)c1ccccc1C1CCN(CCN2C=COC(c3cccc(O)c3)=C2)CC1. The Hall–Kier alpha value is -4.03. The fourth-order valence-corrected chi connectivity index (χ4v) is 5.00. The van der Waals surface area contributed by atoms with Crippen LogP contribution in [0.2, 0.25) is 0 Å². The zero-order chi connectivity index (χ0) is 25.5. The molecule has 1 fully saturated rings. The topological polar surface area (TPSA) is 65.0 Å². The van der Waals surface area contributed by atoms with E-state index in [1.54, 1.807) is 18.4 Å². The Morgan fingerprint density at radius 2 is 1.73 bits per heavy atom. The van der Waals surface area contributed by atoms with Gasteiger partial charge >= 0.3 is 0 Å². The second kappa shape index (κ2) is 11.8. The van der Waals surface area contributed by atoms with Crippen LogP contribution in [0.1, 0.15) is 45.8 Å². The van der Waals surface area contributed by atoms with Gasteiger partial charge in [0.1, 0.15) is 17.8 Å². The Balaban J connectivity index is 1.14. The first-order valence-electron chi connectivity index (χ1n) is 12.9. The van der Waals surface area contributed by atoms with Gasteiger partial charge in [0.05, 0.1) is 0 Å². The first-order valence-corrected chi connectivity index (χ1v) is 12.9. The molecule has 5 rings (SSSR count). The highest BCUT2D eigenvalue weighted by atomic mass is 16.5. The van der Waals surface area contributed by atoms with E-state index in [0.717, 1.165) is 67.0 Å². The molecule has 0 unspecified atom stereocenters. The van der Waals surface area contributed by atoms with E-state index in [4.69, 9.17) is 4.74 Å². The normalized spacial score (nSPS) is 16.2. The van der Waals surface area contributed by atoms with Crippen molar-refractivity contribution in [1.82, 2.24) is 15.1 Å².